The van der Waals surface area contributed by atoms with Crippen LogP contribution in [-0.2, 0) is 16.1 Å². The van der Waals surface area contributed by atoms with Crippen LogP contribution in [0.3, 0.4) is 0 Å². The van der Waals surface area contributed by atoms with Crippen LogP contribution in [0, 0.1) is 0 Å². The van der Waals surface area contributed by atoms with Crippen LogP contribution in [0.15, 0.2) is 39.5 Å². The van der Waals surface area contributed by atoms with Crippen molar-refractivity contribution in [3.8, 4) is 11.5 Å². The van der Waals surface area contributed by atoms with Crippen molar-refractivity contribution in [2.24, 2.45) is 0 Å². The zero-order chi connectivity index (χ0) is 15.5. The van der Waals surface area contributed by atoms with Gasteiger partial charge in [0.2, 0.25) is 11.8 Å². The number of benzene rings is 1. The van der Waals surface area contributed by atoms with Crippen molar-refractivity contribution < 1.29 is 13.9 Å². The highest BCUT2D eigenvalue weighted by Crippen LogP contribution is 2.14. The van der Waals surface area contributed by atoms with Gasteiger partial charge in [-0.15, -0.1) is 5.10 Å². The fraction of sp³-hybridized carbons (Fsp3) is 0.400. The lowest BCUT2D eigenvalue weighted by atomic mass is 10.2. The standard InChI is InChI=1S/C15H17N3O4/c1-11-9-17(7-8-21-11)13(19)10-18-15(20)22-14(16-18)12-5-3-2-4-6-12/h2-6,11H,7-10H2,1H3/t11-/m0/s1. The lowest BCUT2D eigenvalue weighted by Gasteiger charge is -2.30. The summed E-state index contributed by atoms with van der Waals surface area (Å²) in [6.07, 6.45) is 0.00612. The number of carbonyl (C=O) groups excluding carboxylic acids is 1. The van der Waals surface area contributed by atoms with E-state index in [1.165, 1.54) is 0 Å². The van der Waals surface area contributed by atoms with Crippen LogP contribution in [0.5, 0.6) is 0 Å². The van der Waals surface area contributed by atoms with Gasteiger partial charge in [0.15, 0.2) is 0 Å². The van der Waals surface area contributed by atoms with Crippen LogP contribution in [0.25, 0.3) is 11.5 Å². The molecule has 1 fully saturated rings. The van der Waals surface area contributed by atoms with Crippen LogP contribution in [0.1, 0.15) is 6.92 Å². The summed E-state index contributed by atoms with van der Waals surface area (Å²) in [7, 11) is 0. The number of ether oxygens (including phenoxy) is 1. The summed E-state index contributed by atoms with van der Waals surface area (Å²) < 4.78 is 11.6. The van der Waals surface area contributed by atoms with E-state index in [0.29, 0.717) is 25.3 Å². The maximum absolute atomic E-state index is 12.2. The summed E-state index contributed by atoms with van der Waals surface area (Å²) in [4.78, 5) is 25.8. The summed E-state index contributed by atoms with van der Waals surface area (Å²) >= 11 is 0. The lowest BCUT2D eigenvalue weighted by Crippen LogP contribution is -2.46. The quantitative estimate of drug-likeness (QED) is 0.836. The molecule has 22 heavy (non-hydrogen) atoms. The van der Waals surface area contributed by atoms with Crippen molar-refractivity contribution in [3.05, 3.63) is 40.9 Å². The zero-order valence-electron chi connectivity index (χ0n) is 12.3. The zero-order valence-corrected chi connectivity index (χ0v) is 12.3. The van der Waals surface area contributed by atoms with Crippen molar-refractivity contribution in [3.63, 3.8) is 0 Å². The Hall–Kier alpha value is -2.41. The summed E-state index contributed by atoms with van der Waals surface area (Å²) in [5.41, 5.74) is 0.700. The van der Waals surface area contributed by atoms with Gasteiger partial charge in [-0.1, -0.05) is 18.2 Å². The Kier molecular flexibility index (Phi) is 4.06. The monoisotopic (exact) mass is 303 g/mol. The first kappa shape index (κ1) is 14.5. The Labute approximate surface area is 127 Å². The molecule has 1 aliphatic heterocycles. The Morgan fingerprint density at radius 2 is 2.14 bits per heavy atom. The molecule has 0 N–H and O–H groups in total. The van der Waals surface area contributed by atoms with Crippen molar-refractivity contribution in [1.29, 1.82) is 0 Å². The first-order valence-corrected chi connectivity index (χ1v) is 7.16. The van der Waals surface area contributed by atoms with E-state index >= 15 is 0 Å². The molecule has 7 nitrogen and oxygen atoms in total. The van der Waals surface area contributed by atoms with Crippen LogP contribution in [0.2, 0.25) is 0 Å². The molecule has 116 valence electrons. The number of hydrogen-bond acceptors (Lipinski definition) is 5. The lowest BCUT2D eigenvalue weighted by molar-refractivity contribution is -0.139. The summed E-state index contributed by atoms with van der Waals surface area (Å²) in [6, 6.07) is 9.10. The van der Waals surface area contributed by atoms with Gasteiger partial charge in [-0.3, -0.25) is 4.79 Å². The number of aromatic nitrogens is 2. The third-order valence-corrected chi connectivity index (χ3v) is 3.51. The van der Waals surface area contributed by atoms with E-state index < -0.39 is 5.76 Å². The van der Waals surface area contributed by atoms with E-state index in [1.54, 1.807) is 17.0 Å². The SMILES string of the molecule is C[C@H]1CN(C(=O)Cn2nc(-c3ccccc3)oc2=O)CCO1. The molecule has 2 heterocycles. The molecule has 0 unspecified atom stereocenters. The van der Waals surface area contributed by atoms with E-state index in [9.17, 15) is 9.59 Å². The Morgan fingerprint density at radius 1 is 1.36 bits per heavy atom. The smallest absolute Gasteiger partial charge is 0.388 e. The highest BCUT2D eigenvalue weighted by Gasteiger charge is 2.23. The van der Waals surface area contributed by atoms with Gasteiger partial charge in [0.1, 0.15) is 6.54 Å². The molecular weight excluding hydrogens is 286 g/mol. The largest absolute Gasteiger partial charge is 0.437 e. The van der Waals surface area contributed by atoms with Gasteiger partial charge in [-0.25, -0.2) is 4.79 Å². The molecule has 1 atom stereocenters. The third kappa shape index (κ3) is 3.09. The minimum atomic E-state index is -0.631. The number of morpholine rings is 1. The van der Waals surface area contributed by atoms with Crippen LogP contribution < -0.4 is 5.76 Å². The fourth-order valence-corrected chi connectivity index (χ4v) is 2.38. The minimum absolute atomic E-state index is 0.00612. The number of carbonyl (C=O) groups is 1. The predicted molar refractivity (Wildman–Crippen MR) is 78.2 cm³/mol. The normalized spacial score (nSPS) is 18.4. The molecule has 0 bridgehead atoms. The van der Waals surface area contributed by atoms with Gasteiger partial charge in [0.25, 0.3) is 0 Å². The second kappa shape index (κ2) is 6.15. The molecule has 0 spiro atoms. The molecule has 0 radical (unpaired) electrons. The van der Waals surface area contributed by atoms with Crippen molar-refractivity contribution >= 4 is 5.91 Å². The number of hydrogen-bond donors (Lipinski definition) is 0. The summed E-state index contributed by atoms with van der Waals surface area (Å²) in [5, 5.41) is 4.09. The van der Waals surface area contributed by atoms with Gasteiger partial charge >= 0.3 is 5.76 Å². The molecule has 1 aromatic heterocycles. The van der Waals surface area contributed by atoms with Gasteiger partial charge in [-0.2, -0.15) is 4.68 Å². The second-order valence-electron chi connectivity index (χ2n) is 5.22. The molecular formula is C15H17N3O4. The van der Waals surface area contributed by atoms with E-state index in [0.717, 1.165) is 4.68 Å². The molecule has 1 aromatic carbocycles. The molecule has 1 amide bonds. The van der Waals surface area contributed by atoms with Gasteiger partial charge in [-0.05, 0) is 19.1 Å². The summed E-state index contributed by atoms with van der Waals surface area (Å²) in [6.45, 7) is 3.35. The Bertz CT molecular complexity index is 707. The van der Waals surface area contributed by atoms with Crippen LogP contribution in [0.4, 0.5) is 0 Å². The maximum Gasteiger partial charge on any atom is 0.437 e. The minimum Gasteiger partial charge on any atom is -0.388 e. The second-order valence-corrected chi connectivity index (χ2v) is 5.22. The highest BCUT2D eigenvalue weighted by atomic mass is 16.5. The number of rotatable bonds is 3. The van der Waals surface area contributed by atoms with Crippen LogP contribution in [-0.4, -0.2) is 46.4 Å². The van der Waals surface area contributed by atoms with Crippen molar-refractivity contribution in [1.82, 2.24) is 14.7 Å². The third-order valence-electron chi connectivity index (χ3n) is 3.51. The number of nitrogens with zero attached hydrogens (tertiary/aromatic N) is 3. The fourth-order valence-electron chi connectivity index (χ4n) is 2.38. The van der Waals surface area contributed by atoms with E-state index in [1.807, 2.05) is 25.1 Å². The van der Waals surface area contributed by atoms with Gasteiger partial charge in [0.05, 0.1) is 12.7 Å². The highest BCUT2D eigenvalue weighted by molar-refractivity contribution is 5.76. The first-order valence-electron chi connectivity index (χ1n) is 7.16. The van der Waals surface area contributed by atoms with Crippen LogP contribution >= 0.6 is 0 Å². The van der Waals surface area contributed by atoms with E-state index in [-0.39, 0.29) is 24.4 Å². The van der Waals surface area contributed by atoms with E-state index in [4.69, 9.17) is 9.15 Å². The maximum atomic E-state index is 12.2. The molecule has 1 aliphatic rings. The topological polar surface area (TPSA) is 77.6 Å². The molecule has 7 heteroatoms. The average Bonchev–Trinajstić information content (AvgIpc) is 2.89. The molecule has 3 rings (SSSR count). The van der Waals surface area contributed by atoms with E-state index in [2.05, 4.69) is 5.10 Å². The Balaban J connectivity index is 1.74. The average molecular weight is 303 g/mol. The molecule has 2 aromatic rings. The number of amides is 1. The first-order chi connectivity index (χ1) is 10.6. The van der Waals surface area contributed by atoms with Gasteiger partial charge < -0.3 is 14.1 Å². The predicted octanol–water partition coefficient (Wildman–Crippen LogP) is 0.751. The Morgan fingerprint density at radius 3 is 2.86 bits per heavy atom. The molecule has 1 saturated heterocycles. The molecule has 0 saturated carbocycles. The van der Waals surface area contributed by atoms with Crippen molar-refractivity contribution in [2.45, 2.75) is 19.6 Å². The van der Waals surface area contributed by atoms with Gasteiger partial charge in [0, 0.05) is 18.7 Å². The summed E-state index contributed by atoms with van der Waals surface area (Å²) in [5.74, 6) is -0.576. The molecule has 0 aliphatic carbocycles. The van der Waals surface area contributed by atoms with Crippen molar-refractivity contribution in [2.75, 3.05) is 19.7 Å².